The summed E-state index contributed by atoms with van der Waals surface area (Å²) in [7, 11) is 0. The third kappa shape index (κ3) is 5.23. The van der Waals surface area contributed by atoms with Gasteiger partial charge in [0.05, 0.1) is 0 Å². The highest BCUT2D eigenvalue weighted by Crippen LogP contribution is 2.24. The summed E-state index contributed by atoms with van der Waals surface area (Å²) in [4.78, 5) is 33.3. The van der Waals surface area contributed by atoms with Gasteiger partial charge in [-0.25, -0.2) is 10.5 Å². The van der Waals surface area contributed by atoms with Crippen molar-refractivity contribution in [2.45, 2.75) is 39.5 Å². The normalized spacial score (nSPS) is 13.5. The molecule has 110 valence electrons. The smallest absolute Gasteiger partial charge is 0.258 e. The first kappa shape index (κ1) is 17.3. The monoisotopic (exact) mass is 275 g/mol. The SMILES string of the molecule is CC(=O)N(O)CCCCCC(C)(C(N)=O)C(=O)NO. The average molecular weight is 275 g/mol. The largest absolute Gasteiger partial charge is 0.369 e. The molecule has 5 N–H and O–H groups in total. The Labute approximate surface area is 111 Å². The molecule has 19 heavy (non-hydrogen) atoms. The lowest BCUT2D eigenvalue weighted by molar-refractivity contribution is -0.162. The van der Waals surface area contributed by atoms with E-state index in [0.29, 0.717) is 24.3 Å². The fourth-order valence-electron chi connectivity index (χ4n) is 1.55. The first-order chi connectivity index (χ1) is 8.75. The molecule has 0 saturated carbocycles. The van der Waals surface area contributed by atoms with Crippen LogP contribution in [0.5, 0.6) is 0 Å². The second kappa shape index (κ2) is 7.70. The lowest BCUT2D eigenvalue weighted by Gasteiger charge is -2.23. The molecular weight excluding hydrogens is 254 g/mol. The molecule has 1 atom stereocenters. The van der Waals surface area contributed by atoms with Crippen LogP contribution in [0, 0.1) is 5.41 Å². The van der Waals surface area contributed by atoms with Crippen molar-refractivity contribution in [2.75, 3.05) is 6.54 Å². The van der Waals surface area contributed by atoms with E-state index in [4.69, 9.17) is 16.1 Å². The average Bonchev–Trinajstić information content (AvgIpc) is 2.36. The van der Waals surface area contributed by atoms with Crippen molar-refractivity contribution in [1.82, 2.24) is 10.5 Å². The Balaban J connectivity index is 4.13. The van der Waals surface area contributed by atoms with Crippen LogP contribution in [0.25, 0.3) is 0 Å². The van der Waals surface area contributed by atoms with Crippen molar-refractivity contribution in [1.29, 1.82) is 0 Å². The number of nitrogens with two attached hydrogens (primary N) is 1. The van der Waals surface area contributed by atoms with Crippen molar-refractivity contribution >= 4 is 17.7 Å². The van der Waals surface area contributed by atoms with Crippen molar-refractivity contribution < 1.29 is 24.8 Å². The molecular formula is C11H21N3O5. The molecule has 0 spiro atoms. The van der Waals surface area contributed by atoms with Gasteiger partial charge in [-0.1, -0.05) is 12.8 Å². The molecule has 0 aromatic heterocycles. The molecule has 0 aliphatic carbocycles. The molecule has 0 fully saturated rings. The Kier molecular flexibility index (Phi) is 7.02. The summed E-state index contributed by atoms with van der Waals surface area (Å²) in [6.07, 6.45) is 1.82. The highest BCUT2D eigenvalue weighted by Gasteiger charge is 2.38. The van der Waals surface area contributed by atoms with Gasteiger partial charge in [-0.15, -0.1) is 0 Å². The van der Waals surface area contributed by atoms with Crippen LogP contribution in [0.4, 0.5) is 0 Å². The molecule has 0 rings (SSSR count). The van der Waals surface area contributed by atoms with Crippen LogP contribution in [0.1, 0.15) is 39.5 Å². The number of rotatable bonds is 8. The summed E-state index contributed by atoms with van der Waals surface area (Å²) < 4.78 is 0. The Morgan fingerprint density at radius 2 is 1.84 bits per heavy atom. The number of primary amides is 1. The van der Waals surface area contributed by atoms with Crippen LogP contribution in [-0.2, 0) is 14.4 Å². The molecule has 0 radical (unpaired) electrons. The lowest BCUT2D eigenvalue weighted by atomic mass is 9.83. The topological polar surface area (TPSA) is 133 Å². The van der Waals surface area contributed by atoms with Crippen LogP contribution < -0.4 is 11.2 Å². The number of carbonyl (C=O) groups is 3. The van der Waals surface area contributed by atoms with E-state index < -0.39 is 23.1 Å². The predicted molar refractivity (Wildman–Crippen MR) is 64.9 cm³/mol. The van der Waals surface area contributed by atoms with Crippen LogP contribution >= 0.6 is 0 Å². The minimum absolute atomic E-state index is 0.181. The predicted octanol–water partition coefficient (Wildman–Crippen LogP) is -0.218. The summed E-state index contributed by atoms with van der Waals surface area (Å²) in [5.74, 6) is -2.10. The van der Waals surface area contributed by atoms with Crippen molar-refractivity contribution in [2.24, 2.45) is 11.1 Å². The first-order valence-corrected chi connectivity index (χ1v) is 5.97. The molecule has 8 heteroatoms. The van der Waals surface area contributed by atoms with Crippen LogP contribution in [0.3, 0.4) is 0 Å². The number of carbonyl (C=O) groups excluding carboxylic acids is 3. The molecule has 3 amide bonds. The molecule has 0 bridgehead atoms. The van der Waals surface area contributed by atoms with E-state index in [0.717, 1.165) is 0 Å². The summed E-state index contributed by atoms with van der Waals surface area (Å²) in [6, 6.07) is 0. The molecule has 0 aliphatic heterocycles. The molecule has 8 nitrogen and oxygen atoms in total. The number of hydroxylamine groups is 3. The Hall–Kier alpha value is -1.67. The van der Waals surface area contributed by atoms with E-state index >= 15 is 0 Å². The van der Waals surface area contributed by atoms with Gasteiger partial charge in [-0.2, -0.15) is 0 Å². The van der Waals surface area contributed by atoms with Crippen LogP contribution in [-0.4, -0.2) is 39.7 Å². The zero-order valence-electron chi connectivity index (χ0n) is 11.2. The van der Waals surface area contributed by atoms with E-state index in [-0.39, 0.29) is 13.0 Å². The van der Waals surface area contributed by atoms with Crippen LogP contribution in [0.15, 0.2) is 0 Å². The van der Waals surface area contributed by atoms with Crippen molar-refractivity contribution in [3.05, 3.63) is 0 Å². The summed E-state index contributed by atoms with van der Waals surface area (Å²) in [5, 5.41) is 18.3. The zero-order valence-corrected chi connectivity index (χ0v) is 11.2. The lowest BCUT2D eigenvalue weighted by Crippen LogP contribution is -2.46. The van der Waals surface area contributed by atoms with Gasteiger partial charge in [0.2, 0.25) is 11.8 Å². The van der Waals surface area contributed by atoms with Crippen molar-refractivity contribution in [3.8, 4) is 0 Å². The fourth-order valence-corrected chi connectivity index (χ4v) is 1.55. The summed E-state index contributed by atoms with van der Waals surface area (Å²) >= 11 is 0. The van der Waals surface area contributed by atoms with Crippen molar-refractivity contribution in [3.63, 3.8) is 0 Å². The van der Waals surface area contributed by atoms with Gasteiger partial charge < -0.3 is 5.73 Å². The fraction of sp³-hybridized carbons (Fsp3) is 0.727. The Bertz CT molecular complexity index is 347. The first-order valence-electron chi connectivity index (χ1n) is 5.97. The molecule has 1 unspecified atom stereocenters. The standard InChI is InChI=1S/C11H21N3O5/c1-8(15)14(19)7-5-3-4-6-11(2,9(12)16)10(17)13-18/h18-19H,3-7H2,1-2H3,(H2,12,16)(H,13,17). The van der Waals surface area contributed by atoms with Crippen LogP contribution in [0.2, 0.25) is 0 Å². The zero-order chi connectivity index (χ0) is 15.1. The maximum atomic E-state index is 11.4. The minimum Gasteiger partial charge on any atom is -0.369 e. The summed E-state index contributed by atoms with van der Waals surface area (Å²) in [5.41, 5.74) is 5.11. The van der Waals surface area contributed by atoms with E-state index in [1.165, 1.54) is 19.3 Å². The molecule has 0 aliphatic rings. The van der Waals surface area contributed by atoms with Gasteiger partial charge in [-0.05, 0) is 19.8 Å². The quantitative estimate of drug-likeness (QED) is 0.210. The number of nitrogens with zero attached hydrogens (tertiary/aromatic N) is 1. The van der Waals surface area contributed by atoms with Gasteiger partial charge in [-0.3, -0.25) is 24.8 Å². The molecule has 0 aromatic carbocycles. The number of hydrogen-bond acceptors (Lipinski definition) is 5. The molecule has 0 heterocycles. The number of amides is 3. The Morgan fingerprint density at radius 1 is 1.26 bits per heavy atom. The Morgan fingerprint density at radius 3 is 2.26 bits per heavy atom. The maximum absolute atomic E-state index is 11.4. The van der Waals surface area contributed by atoms with Gasteiger partial charge in [0.25, 0.3) is 5.91 Å². The third-order valence-electron chi connectivity index (χ3n) is 3.06. The summed E-state index contributed by atoms with van der Waals surface area (Å²) in [6.45, 7) is 2.79. The highest BCUT2D eigenvalue weighted by molar-refractivity contribution is 6.03. The number of unbranched alkanes of at least 4 members (excludes halogenated alkanes) is 2. The number of hydrogen-bond donors (Lipinski definition) is 4. The maximum Gasteiger partial charge on any atom is 0.258 e. The molecule has 0 aromatic rings. The van der Waals surface area contributed by atoms with E-state index in [1.807, 2.05) is 0 Å². The number of nitrogens with one attached hydrogen (secondary N) is 1. The van der Waals surface area contributed by atoms with Gasteiger partial charge >= 0.3 is 0 Å². The third-order valence-corrected chi connectivity index (χ3v) is 3.06. The minimum atomic E-state index is -1.46. The second-order valence-electron chi connectivity index (χ2n) is 4.59. The van der Waals surface area contributed by atoms with Gasteiger partial charge in [0.15, 0.2) is 0 Å². The second-order valence-corrected chi connectivity index (χ2v) is 4.59. The van der Waals surface area contributed by atoms with E-state index in [9.17, 15) is 14.4 Å². The van der Waals surface area contributed by atoms with E-state index in [1.54, 1.807) is 0 Å². The molecule has 0 saturated heterocycles. The highest BCUT2D eigenvalue weighted by atomic mass is 16.5. The van der Waals surface area contributed by atoms with E-state index in [2.05, 4.69) is 0 Å². The van der Waals surface area contributed by atoms with Gasteiger partial charge in [0, 0.05) is 13.5 Å². The van der Waals surface area contributed by atoms with Gasteiger partial charge in [0.1, 0.15) is 5.41 Å².